The molecule has 98 valence electrons. The lowest BCUT2D eigenvalue weighted by molar-refractivity contribution is 0.0178. The Morgan fingerprint density at radius 1 is 1.50 bits per heavy atom. The average Bonchev–Trinajstić information content (AvgIpc) is 3.00. The van der Waals surface area contributed by atoms with Crippen LogP contribution in [-0.2, 0) is 9.47 Å². The lowest BCUT2D eigenvalue weighted by atomic mass is 10.1. The minimum absolute atomic E-state index is 0.208. The molecule has 1 aromatic rings. The molecular weight excluding hydrogens is 238 g/mol. The third kappa shape index (κ3) is 1.80. The molecule has 3 rings (SSSR count). The highest BCUT2D eigenvalue weighted by atomic mass is 16.6. The van der Waals surface area contributed by atoms with Crippen molar-refractivity contribution in [2.45, 2.75) is 31.3 Å². The van der Waals surface area contributed by atoms with Crippen LogP contribution in [0.1, 0.15) is 16.1 Å². The second kappa shape index (κ2) is 4.34. The van der Waals surface area contributed by atoms with E-state index in [-0.39, 0.29) is 30.8 Å². The number of aliphatic hydroxyl groups excluding tert-OH is 1. The van der Waals surface area contributed by atoms with Crippen molar-refractivity contribution in [3.05, 3.63) is 17.5 Å². The van der Waals surface area contributed by atoms with Crippen molar-refractivity contribution < 1.29 is 19.4 Å². The molecule has 0 spiro atoms. The van der Waals surface area contributed by atoms with Crippen LogP contribution in [-0.4, -0.2) is 58.8 Å². The van der Waals surface area contributed by atoms with Crippen LogP contribution in [0.5, 0.6) is 0 Å². The van der Waals surface area contributed by atoms with E-state index in [4.69, 9.17) is 9.47 Å². The Labute approximate surface area is 103 Å². The first-order valence-corrected chi connectivity index (χ1v) is 5.89. The summed E-state index contributed by atoms with van der Waals surface area (Å²) in [4.78, 5) is 12.0. The molecule has 1 amide bonds. The van der Waals surface area contributed by atoms with Gasteiger partial charge in [-0.1, -0.05) is 0 Å². The van der Waals surface area contributed by atoms with E-state index in [1.807, 2.05) is 0 Å². The van der Waals surface area contributed by atoms with Crippen LogP contribution < -0.4 is 5.32 Å². The Morgan fingerprint density at radius 3 is 3.00 bits per heavy atom. The zero-order valence-electron chi connectivity index (χ0n) is 9.92. The molecule has 7 nitrogen and oxygen atoms in total. The monoisotopic (exact) mass is 253 g/mol. The number of ether oxygens (including phenoxy) is 2. The molecule has 18 heavy (non-hydrogen) atoms. The number of hydrogen-bond donors (Lipinski definition) is 3. The largest absolute Gasteiger partial charge is 0.388 e. The molecule has 0 bridgehead atoms. The highest BCUT2D eigenvalue weighted by molar-refractivity contribution is 5.95. The van der Waals surface area contributed by atoms with Crippen LogP contribution in [0.4, 0.5) is 0 Å². The predicted octanol–water partition coefficient (Wildman–Crippen LogP) is -1.02. The summed E-state index contributed by atoms with van der Waals surface area (Å²) in [6.45, 7) is 2.40. The number of carbonyl (C=O) groups excluding carboxylic acids is 1. The van der Waals surface area contributed by atoms with Crippen molar-refractivity contribution >= 4 is 5.91 Å². The molecule has 2 saturated heterocycles. The standard InChI is InChI=1S/C11H15N3O4/c1-5-6(2-12-14-5)11(16)13-7-3-17-10-8(15)4-18-9(7)10/h2,7-10,15H,3-4H2,1H3,(H,12,14)(H,13,16)/t7-,8+,9+,10+/m0/s1. The van der Waals surface area contributed by atoms with Gasteiger partial charge in [-0.3, -0.25) is 9.89 Å². The predicted molar refractivity (Wildman–Crippen MR) is 60.1 cm³/mol. The lowest BCUT2D eigenvalue weighted by Crippen LogP contribution is -2.44. The Balaban J connectivity index is 1.68. The normalized spacial score (nSPS) is 34.6. The molecule has 7 heteroatoms. The summed E-state index contributed by atoms with van der Waals surface area (Å²) in [6, 6.07) is -0.228. The number of nitrogens with one attached hydrogen (secondary N) is 2. The molecule has 3 N–H and O–H groups in total. The van der Waals surface area contributed by atoms with E-state index in [1.165, 1.54) is 6.20 Å². The molecule has 4 atom stereocenters. The number of aliphatic hydroxyl groups is 1. The van der Waals surface area contributed by atoms with Crippen LogP contribution >= 0.6 is 0 Å². The molecule has 2 aliphatic rings. The highest BCUT2D eigenvalue weighted by Gasteiger charge is 2.47. The molecule has 0 aromatic carbocycles. The number of rotatable bonds is 2. The minimum atomic E-state index is -0.604. The maximum absolute atomic E-state index is 12.0. The van der Waals surface area contributed by atoms with Crippen LogP contribution in [0.25, 0.3) is 0 Å². The number of aryl methyl sites for hydroxylation is 1. The topological polar surface area (TPSA) is 96.5 Å². The fourth-order valence-corrected chi connectivity index (χ4v) is 2.43. The van der Waals surface area contributed by atoms with Crippen LogP contribution in [0.2, 0.25) is 0 Å². The second-order valence-electron chi connectivity index (χ2n) is 4.65. The Morgan fingerprint density at radius 2 is 2.28 bits per heavy atom. The summed E-state index contributed by atoms with van der Waals surface area (Å²) >= 11 is 0. The van der Waals surface area contributed by atoms with Gasteiger partial charge in [0.2, 0.25) is 0 Å². The van der Waals surface area contributed by atoms with Gasteiger partial charge in [0.25, 0.3) is 5.91 Å². The van der Waals surface area contributed by atoms with Gasteiger partial charge < -0.3 is 19.9 Å². The van der Waals surface area contributed by atoms with Gasteiger partial charge in [0.05, 0.1) is 31.0 Å². The summed E-state index contributed by atoms with van der Waals surface area (Å²) < 4.78 is 10.9. The molecule has 2 fully saturated rings. The summed E-state index contributed by atoms with van der Waals surface area (Å²) in [7, 11) is 0. The quantitative estimate of drug-likeness (QED) is 0.626. The molecule has 0 radical (unpaired) electrons. The number of fused-ring (bicyclic) bond motifs is 1. The van der Waals surface area contributed by atoms with E-state index in [0.717, 1.165) is 5.69 Å². The number of aromatic amines is 1. The smallest absolute Gasteiger partial charge is 0.255 e. The fraction of sp³-hybridized carbons (Fsp3) is 0.636. The summed E-state index contributed by atoms with van der Waals surface area (Å²) in [5.41, 5.74) is 1.23. The SMILES string of the molecule is Cc1[nH]ncc1C(=O)N[C@H]1CO[C@H]2[C@@H]1OC[C@H]2O. The third-order valence-corrected chi connectivity index (χ3v) is 3.42. The number of carbonyl (C=O) groups is 1. The lowest BCUT2D eigenvalue weighted by Gasteiger charge is -2.17. The number of hydrogen-bond acceptors (Lipinski definition) is 5. The zero-order chi connectivity index (χ0) is 12.7. The van der Waals surface area contributed by atoms with E-state index >= 15 is 0 Å². The van der Waals surface area contributed by atoms with Crippen LogP contribution in [0.3, 0.4) is 0 Å². The molecule has 0 aliphatic carbocycles. The van der Waals surface area contributed by atoms with Gasteiger partial charge in [-0.15, -0.1) is 0 Å². The number of aromatic nitrogens is 2. The first kappa shape index (κ1) is 11.6. The van der Waals surface area contributed by atoms with Gasteiger partial charge in [0.1, 0.15) is 18.3 Å². The summed E-state index contributed by atoms with van der Waals surface area (Å²) in [5, 5.41) is 19.0. The van der Waals surface area contributed by atoms with Crippen molar-refractivity contribution in [2.75, 3.05) is 13.2 Å². The Kier molecular flexibility index (Phi) is 2.81. The average molecular weight is 253 g/mol. The van der Waals surface area contributed by atoms with E-state index in [1.54, 1.807) is 6.92 Å². The van der Waals surface area contributed by atoms with Crippen molar-refractivity contribution in [3.63, 3.8) is 0 Å². The maximum atomic E-state index is 12.0. The highest BCUT2D eigenvalue weighted by Crippen LogP contribution is 2.27. The molecule has 3 heterocycles. The number of nitrogens with zero attached hydrogens (tertiary/aromatic N) is 1. The van der Waals surface area contributed by atoms with Gasteiger partial charge in [-0.2, -0.15) is 5.10 Å². The van der Waals surface area contributed by atoms with E-state index in [2.05, 4.69) is 15.5 Å². The first-order chi connectivity index (χ1) is 8.66. The molecule has 1 aromatic heterocycles. The van der Waals surface area contributed by atoms with Gasteiger partial charge in [0.15, 0.2) is 0 Å². The fourth-order valence-electron chi connectivity index (χ4n) is 2.43. The summed E-state index contributed by atoms with van der Waals surface area (Å²) in [5.74, 6) is -0.208. The van der Waals surface area contributed by atoms with Crippen molar-refractivity contribution in [1.82, 2.24) is 15.5 Å². The van der Waals surface area contributed by atoms with Crippen molar-refractivity contribution in [3.8, 4) is 0 Å². The van der Waals surface area contributed by atoms with Crippen molar-refractivity contribution in [2.24, 2.45) is 0 Å². The molecule has 0 saturated carbocycles. The van der Waals surface area contributed by atoms with Gasteiger partial charge in [-0.25, -0.2) is 0 Å². The molecule has 0 unspecified atom stereocenters. The number of H-pyrrole nitrogens is 1. The second-order valence-corrected chi connectivity index (χ2v) is 4.65. The van der Waals surface area contributed by atoms with E-state index in [9.17, 15) is 9.90 Å². The van der Waals surface area contributed by atoms with Gasteiger partial charge in [0, 0.05) is 5.69 Å². The Bertz CT molecular complexity index is 461. The van der Waals surface area contributed by atoms with Crippen LogP contribution in [0, 0.1) is 6.92 Å². The minimum Gasteiger partial charge on any atom is -0.388 e. The van der Waals surface area contributed by atoms with Crippen molar-refractivity contribution in [1.29, 1.82) is 0 Å². The number of amides is 1. The molecule has 2 aliphatic heterocycles. The van der Waals surface area contributed by atoms with Crippen LogP contribution in [0.15, 0.2) is 6.20 Å². The Hall–Kier alpha value is -1.44. The van der Waals surface area contributed by atoms with E-state index in [0.29, 0.717) is 12.2 Å². The van der Waals surface area contributed by atoms with Gasteiger partial charge >= 0.3 is 0 Å². The zero-order valence-corrected chi connectivity index (χ0v) is 9.92. The third-order valence-electron chi connectivity index (χ3n) is 3.42. The maximum Gasteiger partial charge on any atom is 0.255 e. The van der Waals surface area contributed by atoms with E-state index < -0.39 is 6.10 Å². The first-order valence-electron chi connectivity index (χ1n) is 5.89. The molecular formula is C11H15N3O4. The van der Waals surface area contributed by atoms with Gasteiger partial charge in [-0.05, 0) is 6.92 Å². The summed E-state index contributed by atoms with van der Waals surface area (Å²) in [6.07, 6.45) is 0.284.